The number of rotatable bonds is 4. The maximum Gasteiger partial charge on any atom is 0.316 e. The lowest BCUT2D eigenvalue weighted by molar-refractivity contribution is -0.147. The van der Waals surface area contributed by atoms with Gasteiger partial charge in [-0.25, -0.2) is 0 Å². The first-order chi connectivity index (χ1) is 5.13. The van der Waals surface area contributed by atoms with Gasteiger partial charge < -0.3 is 10.4 Å². The molecule has 0 saturated carbocycles. The second-order valence-electron chi connectivity index (χ2n) is 2.19. The van der Waals surface area contributed by atoms with Gasteiger partial charge in [0.1, 0.15) is 5.92 Å². The van der Waals surface area contributed by atoms with E-state index in [0.717, 1.165) is 0 Å². The van der Waals surface area contributed by atoms with Gasteiger partial charge in [0, 0.05) is 6.54 Å². The summed E-state index contributed by atoms with van der Waals surface area (Å²) in [7, 11) is 0. The summed E-state index contributed by atoms with van der Waals surface area (Å²) in [6.45, 7) is 3.91. The van der Waals surface area contributed by atoms with Crippen LogP contribution < -0.4 is 5.32 Å². The molecule has 0 heterocycles. The number of aliphatic carboxylic acids is 1. The minimum Gasteiger partial charge on any atom is -0.481 e. The van der Waals surface area contributed by atoms with Crippen LogP contribution in [0.3, 0.4) is 0 Å². The SMILES string of the molecule is CCNC(=O)C(CC)C(=O)O. The van der Waals surface area contributed by atoms with Crippen molar-refractivity contribution in [1.82, 2.24) is 5.32 Å². The molecular weight excluding hydrogens is 146 g/mol. The minimum absolute atomic E-state index is 0.334. The predicted octanol–water partition coefficient (Wildman–Crippen LogP) is 0.233. The van der Waals surface area contributed by atoms with Crippen LogP contribution in [0.2, 0.25) is 0 Å². The van der Waals surface area contributed by atoms with Gasteiger partial charge in [-0.3, -0.25) is 9.59 Å². The average molecular weight is 159 g/mol. The quantitative estimate of drug-likeness (QED) is 0.577. The van der Waals surface area contributed by atoms with E-state index in [1.165, 1.54) is 0 Å². The number of carbonyl (C=O) groups excluding carboxylic acids is 1. The summed E-state index contributed by atoms with van der Waals surface area (Å²) in [6.07, 6.45) is 0.334. The van der Waals surface area contributed by atoms with Gasteiger partial charge in [-0.15, -0.1) is 0 Å². The number of nitrogens with one attached hydrogen (secondary N) is 1. The Morgan fingerprint density at radius 2 is 2.00 bits per heavy atom. The third-order valence-corrected chi connectivity index (χ3v) is 1.37. The van der Waals surface area contributed by atoms with E-state index >= 15 is 0 Å². The second-order valence-corrected chi connectivity index (χ2v) is 2.19. The Kier molecular flexibility index (Phi) is 4.26. The number of hydrogen-bond acceptors (Lipinski definition) is 2. The highest BCUT2D eigenvalue weighted by Crippen LogP contribution is 2.01. The molecule has 11 heavy (non-hydrogen) atoms. The average Bonchev–Trinajstić information content (AvgIpc) is 1.88. The van der Waals surface area contributed by atoms with Crippen molar-refractivity contribution in [2.75, 3.05) is 6.54 Å². The van der Waals surface area contributed by atoms with E-state index in [1.807, 2.05) is 0 Å². The first kappa shape index (κ1) is 9.94. The molecule has 64 valence electrons. The summed E-state index contributed by atoms with van der Waals surface area (Å²) < 4.78 is 0. The van der Waals surface area contributed by atoms with Gasteiger partial charge in [0.05, 0.1) is 0 Å². The van der Waals surface area contributed by atoms with E-state index in [0.29, 0.717) is 13.0 Å². The Hall–Kier alpha value is -1.06. The molecule has 0 aliphatic heterocycles. The van der Waals surface area contributed by atoms with Crippen LogP contribution in [-0.2, 0) is 9.59 Å². The number of carbonyl (C=O) groups is 2. The monoisotopic (exact) mass is 159 g/mol. The van der Waals surface area contributed by atoms with E-state index in [4.69, 9.17) is 5.11 Å². The smallest absolute Gasteiger partial charge is 0.316 e. The van der Waals surface area contributed by atoms with Crippen LogP contribution in [0, 0.1) is 5.92 Å². The molecule has 0 aromatic heterocycles. The zero-order chi connectivity index (χ0) is 8.85. The molecule has 0 spiro atoms. The van der Waals surface area contributed by atoms with Crippen molar-refractivity contribution in [2.45, 2.75) is 20.3 Å². The fourth-order valence-electron chi connectivity index (χ4n) is 0.770. The molecule has 0 saturated heterocycles. The second kappa shape index (κ2) is 4.71. The van der Waals surface area contributed by atoms with Crippen molar-refractivity contribution in [1.29, 1.82) is 0 Å². The molecule has 4 heteroatoms. The molecule has 2 N–H and O–H groups in total. The molecule has 1 unspecified atom stereocenters. The molecule has 1 amide bonds. The van der Waals surface area contributed by atoms with Crippen molar-refractivity contribution in [2.24, 2.45) is 5.92 Å². The first-order valence-electron chi connectivity index (χ1n) is 3.64. The molecule has 0 aromatic rings. The summed E-state index contributed by atoms with van der Waals surface area (Å²) in [5, 5.41) is 11.0. The molecule has 0 aromatic carbocycles. The van der Waals surface area contributed by atoms with E-state index in [2.05, 4.69) is 5.32 Å². The third-order valence-electron chi connectivity index (χ3n) is 1.37. The lowest BCUT2D eigenvalue weighted by Crippen LogP contribution is -2.34. The van der Waals surface area contributed by atoms with Crippen LogP contribution in [0.15, 0.2) is 0 Å². The zero-order valence-electron chi connectivity index (χ0n) is 6.76. The fourth-order valence-corrected chi connectivity index (χ4v) is 0.770. The van der Waals surface area contributed by atoms with Crippen LogP contribution in [-0.4, -0.2) is 23.5 Å². The van der Waals surface area contributed by atoms with E-state index < -0.39 is 17.8 Å². The van der Waals surface area contributed by atoms with Gasteiger partial charge in [0.25, 0.3) is 0 Å². The van der Waals surface area contributed by atoms with Gasteiger partial charge in [-0.05, 0) is 13.3 Å². The molecule has 0 fully saturated rings. The van der Waals surface area contributed by atoms with Gasteiger partial charge >= 0.3 is 5.97 Å². The van der Waals surface area contributed by atoms with Crippen molar-refractivity contribution >= 4 is 11.9 Å². The maximum absolute atomic E-state index is 10.9. The highest BCUT2D eigenvalue weighted by molar-refractivity contribution is 5.96. The molecule has 0 aliphatic carbocycles. The summed E-state index contributed by atoms with van der Waals surface area (Å²) in [5.41, 5.74) is 0. The lowest BCUT2D eigenvalue weighted by Gasteiger charge is -2.07. The number of carboxylic acids is 1. The van der Waals surface area contributed by atoms with Crippen LogP contribution in [0.4, 0.5) is 0 Å². The first-order valence-corrected chi connectivity index (χ1v) is 3.64. The maximum atomic E-state index is 10.9. The molecule has 0 rings (SSSR count). The Morgan fingerprint density at radius 1 is 1.45 bits per heavy atom. The highest BCUT2D eigenvalue weighted by Gasteiger charge is 2.22. The van der Waals surface area contributed by atoms with Gasteiger partial charge in [-0.1, -0.05) is 6.92 Å². The van der Waals surface area contributed by atoms with E-state index in [-0.39, 0.29) is 0 Å². The van der Waals surface area contributed by atoms with Crippen molar-refractivity contribution in [3.63, 3.8) is 0 Å². The van der Waals surface area contributed by atoms with Crippen LogP contribution in [0.25, 0.3) is 0 Å². The summed E-state index contributed by atoms with van der Waals surface area (Å²) in [5.74, 6) is -2.35. The fraction of sp³-hybridized carbons (Fsp3) is 0.714. The van der Waals surface area contributed by atoms with E-state index in [1.54, 1.807) is 13.8 Å². The van der Waals surface area contributed by atoms with Gasteiger partial charge in [0.15, 0.2) is 0 Å². The van der Waals surface area contributed by atoms with Gasteiger partial charge in [0.2, 0.25) is 5.91 Å². The van der Waals surface area contributed by atoms with Crippen molar-refractivity contribution in [3.05, 3.63) is 0 Å². The number of amides is 1. The van der Waals surface area contributed by atoms with Crippen LogP contribution in [0.1, 0.15) is 20.3 Å². The lowest BCUT2D eigenvalue weighted by atomic mass is 10.1. The third kappa shape index (κ3) is 3.02. The molecular formula is C7H13NO3. The minimum atomic E-state index is -1.06. The van der Waals surface area contributed by atoms with E-state index in [9.17, 15) is 9.59 Å². The normalized spacial score (nSPS) is 12.2. The Balaban J connectivity index is 4.03. The van der Waals surface area contributed by atoms with Crippen molar-refractivity contribution < 1.29 is 14.7 Å². The van der Waals surface area contributed by atoms with Crippen molar-refractivity contribution in [3.8, 4) is 0 Å². The molecule has 4 nitrogen and oxygen atoms in total. The van der Waals surface area contributed by atoms with Crippen LogP contribution in [0.5, 0.6) is 0 Å². The molecule has 0 bridgehead atoms. The molecule has 0 radical (unpaired) electrons. The van der Waals surface area contributed by atoms with Crippen LogP contribution >= 0.6 is 0 Å². The summed E-state index contributed by atoms with van der Waals surface area (Å²) in [4.78, 5) is 21.3. The highest BCUT2D eigenvalue weighted by atomic mass is 16.4. The Labute approximate surface area is 65.6 Å². The number of hydrogen-bond donors (Lipinski definition) is 2. The Bertz CT molecular complexity index is 156. The zero-order valence-corrected chi connectivity index (χ0v) is 6.76. The Morgan fingerprint density at radius 3 is 2.27 bits per heavy atom. The largest absolute Gasteiger partial charge is 0.481 e. The summed E-state index contributed by atoms with van der Waals surface area (Å²) >= 11 is 0. The molecule has 0 aliphatic rings. The van der Waals surface area contributed by atoms with Gasteiger partial charge in [-0.2, -0.15) is 0 Å². The predicted molar refractivity (Wildman–Crippen MR) is 40.1 cm³/mol. The summed E-state index contributed by atoms with van der Waals surface area (Å²) in [6, 6.07) is 0. The topological polar surface area (TPSA) is 66.4 Å². The molecule has 1 atom stereocenters. The number of carboxylic acid groups (broad SMARTS) is 1. The standard InChI is InChI=1S/C7H13NO3/c1-3-5(7(10)11)6(9)8-4-2/h5H,3-4H2,1-2H3,(H,8,9)(H,10,11).